The quantitative estimate of drug-likeness (QED) is 0.819. The highest BCUT2D eigenvalue weighted by Gasteiger charge is 2.07. The lowest BCUT2D eigenvalue weighted by atomic mass is 10.1. The van der Waals surface area contributed by atoms with E-state index in [0.29, 0.717) is 11.3 Å². The average Bonchev–Trinajstić information content (AvgIpc) is 2.41. The van der Waals surface area contributed by atoms with Crippen LogP contribution in [0.1, 0.15) is 16.7 Å². The predicted molar refractivity (Wildman–Crippen MR) is 67.1 cm³/mol. The van der Waals surface area contributed by atoms with E-state index in [1.54, 1.807) is 24.3 Å². The van der Waals surface area contributed by atoms with E-state index in [1.807, 2.05) is 13.0 Å². The number of nitriles is 2. The Kier molecular flexibility index (Phi) is 3.45. The van der Waals surface area contributed by atoms with Crippen LogP contribution in [0.15, 0.2) is 36.4 Å². The molecule has 3 nitrogen and oxygen atoms in total. The zero-order valence-corrected chi connectivity index (χ0v) is 10.1. The van der Waals surface area contributed by atoms with Crippen molar-refractivity contribution in [2.75, 3.05) is 0 Å². The third-order valence-corrected chi connectivity index (χ3v) is 2.54. The highest BCUT2D eigenvalue weighted by atomic mass is 19.1. The molecule has 0 atom stereocenters. The van der Waals surface area contributed by atoms with Gasteiger partial charge in [0.1, 0.15) is 29.5 Å². The van der Waals surface area contributed by atoms with E-state index >= 15 is 0 Å². The highest BCUT2D eigenvalue weighted by molar-refractivity contribution is 5.47. The number of aryl methyl sites for hydroxylation is 1. The van der Waals surface area contributed by atoms with Crippen LogP contribution >= 0.6 is 0 Å². The molecule has 0 saturated carbocycles. The van der Waals surface area contributed by atoms with Gasteiger partial charge < -0.3 is 4.74 Å². The van der Waals surface area contributed by atoms with Gasteiger partial charge >= 0.3 is 0 Å². The normalized spacial score (nSPS) is 9.47. The first-order valence-electron chi connectivity index (χ1n) is 5.52. The number of hydrogen-bond acceptors (Lipinski definition) is 3. The van der Waals surface area contributed by atoms with Crippen LogP contribution in [-0.4, -0.2) is 0 Å². The number of halogens is 1. The molecule has 2 rings (SSSR count). The van der Waals surface area contributed by atoms with Gasteiger partial charge in [-0.1, -0.05) is 6.07 Å². The smallest absolute Gasteiger partial charge is 0.145 e. The van der Waals surface area contributed by atoms with Gasteiger partial charge in [-0.05, 0) is 36.8 Å². The van der Waals surface area contributed by atoms with Crippen molar-refractivity contribution < 1.29 is 9.13 Å². The summed E-state index contributed by atoms with van der Waals surface area (Å²) in [5.74, 6) is -0.0420. The Balaban J connectivity index is 2.35. The second kappa shape index (κ2) is 5.20. The maximum absolute atomic E-state index is 13.4. The summed E-state index contributed by atoms with van der Waals surface area (Å²) in [6.45, 7) is 1.87. The predicted octanol–water partition coefficient (Wildman–Crippen LogP) is 3.67. The summed E-state index contributed by atoms with van der Waals surface area (Å²) in [6.07, 6.45) is 0. The minimum absolute atomic E-state index is 0.0447. The van der Waals surface area contributed by atoms with Crippen LogP contribution in [0.25, 0.3) is 0 Å². The lowest BCUT2D eigenvalue weighted by Gasteiger charge is -2.08. The fourth-order valence-corrected chi connectivity index (χ4v) is 1.60. The molecular weight excluding hydrogens is 243 g/mol. The molecule has 0 bridgehead atoms. The second-order valence-corrected chi connectivity index (χ2v) is 3.97. The summed E-state index contributed by atoms with van der Waals surface area (Å²) in [5.41, 5.74) is 1.27. The standard InChI is InChI=1S/C15H9FN2O/c1-10-2-5-15(12(6-10)9-18)19-13-4-3-11(8-17)14(16)7-13/h2-7H,1H3. The van der Waals surface area contributed by atoms with Crippen molar-refractivity contribution in [1.29, 1.82) is 10.5 Å². The maximum Gasteiger partial charge on any atom is 0.145 e. The monoisotopic (exact) mass is 252 g/mol. The van der Waals surface area contributed by atoms with Crippen LogP contribution in [0, 0.1) is 35.4 Å². The Morgan fingerprint density at radius 3 is 2.37 bits per heavy atom. The molecule has 0 aliphatic heterocycles. The number of hydrogen-bond donors (Lipinski definition) is 0. The molecule has 0 aliphatic rings. The van der Waals surface area contributed by atoms with E-state index < -0.39 is 5.82 Å². The maximum atomic E-state index is 13.4. The molecule has 0 spiro atoms. The van der Waals surface area contributed by atoms with Crippen LogP contribution in [0.3, 0.4) is 0 Å². The van der Waals surface area contributed by atoms with Crippen LogP contribution in [0.5, 0.6) is 11.5 Å². The van der Waals surface area contributed by atoms with Gasteiger partial charge in [-0.2, -0.15) is 10.5 Å². The Hall–Kier alpha value is -2.85. The number of nitrogens with zero attached hydrogens (tertiary/aromatic N) is 2. The molecule has 92 valence electrons. The molecule has 0 heterocycles. The molecule has 0 amide bonds. The first kappa shape index (κ1) is 12.6. The first-order valence-corrected chi connectivity index (χ1v) is 5.52. The Bertz CT molecular complexity index is 711. The van der Waals surface area contributed by atoms with Crippen LogP contribution < -0.4 is 4.74 Å². The summed E-state index contributed by atoms with van der Waals surface area (Å²) < 4.78 is 18.9. The lowest BCUT2D eigenvalue weighted by Crippen LogP contribution is -1.91. The van der Waals surface area contributed by atoms with Gasteiger partial charge in [0.15, 0.2) is 0 Å². The van der Waals surface area contributed by atoms with Crippen molar-refractivity contribution in [3.63, 3.8) is 0 Å². The number of ether oxygens (including phenoxy) is 1. The third-order valence-electron chi connectivity index (χ3n) is 2.54. The molecule has 0 saturated heterocycles. The molecule has 2 aromatic rings. The van der Waals surface area contributed by atoms with Gasteiger partial charge in [0.25, 0.3) is 0 Å². The van der Waals surface area contributed by atoms with Crippen molar-refractivity contribution in [1.82, 2.24) is 0 Å². The van der Waals surface area contributed by atoms with Crippen molar-refractivity contribution in [3.8, 4) is 23.6 Å². The van der Waals surface area contributed by atoms with Gasteiger partial charge in [0, 0.05) is 6.07 Å². The fourth-order valence-electron chi connectivity index (χ4n) is 1.60. The van der Waals surface area contributed by atoms with Crippen LogP contribution in [-0.2, 0) is 0 Å². The Morgan fingerprint density at radius 1 is 1.00 bits per heavy atom. The second-order valence-electron chi connectivity index (χ2n) is 3.97. The summed E-state index contributed by atoms with van der Waals surface area (Å²) in [5, 5.41) is 17.6. The minimum Gasteiger partial charge on any atom is -0.456 e. The van der Waals surface area contributed by atoms with E-state index in [0.717, 1.165) is 11.6 Å². The zero-order chi connectivity index (χ0) is 13.8. The molecule has 0 N–H and O–H groups in total. The van der Waals surface area contributed by atoms with Gasteiger partial charge in [-0.25, -0.2) is 4.39 Å². The topological polar surface area (TPSA) is 56.8 Å². The van der Waals surface area contributed by atoms with Crippen molar-refractivity contribution in [3.05, 3.63) is 58.9 Å². The molecule has 0 aliphatic carbocycles. The zero-order valence-electron chi connectivity index (χ0n) is 10.1. The van der Waals surface area contributed by atoms with E-state index in [4.69, 9.17) is 15.3 Å². The van der Waals surface area contributed by atoms with Crippen LogP contribution in [0.2, 0.25) is 0 Å². The molecular formula is C15H9FN2O. The molecule has 4 heteroatoms. The van der Waals surface area contributed by atoms with E-state index in [2.05, 4.69) is 0 Å². The largest absolute Gasteiger partial charge is 0.456 e. The van der Waals surface area contributed by atoms with Crippen molar-refractivity contribution >= 4 is 0 Å². The summed E-state index contributed by atoms with van der Waals surface area (Å²) in [7, 11) is 0. The molecule has 0 fully saturated rings. The molecule has 0 radical (unpaired) electrons. The fraction of sp³-hybridized carbons (Fsp3) is 0.0667. The minimum atomic E-state index is -0.648. The Labute approximate surface area is 110 Å². The molecule has 0 aromatic heterocycles. The molecule has 2 aromatic carbocycles. The number of rotatable bonds is 2. The lowest BCUT2D eigenvalue weighted by molar-refractivity contribution is 0.475. The van der Waals surface area contributed by atoms with Gasteiger partial charge in [0.05, 0.1) is 11.1 Å². The summed E-state index contributed by atoms with van der Waals surface area (Å²) >= 11 is 0. The van der Waals surface area contributed by atoms with Gasteiger partial charge in [-0.3, -0.25) is 0 Å². The number of benzene rings is 2. The summed E-state index contributed by atoms with van der Waals surface area (Å²) in [6, 6.07) is 12.9. The molecule has 19 heavy (non-hydrogen) atoms. The van der Waals surface area contributed by atoms with Crippen molar-refractivity contribution in [2.45, 2.75) is 6.92 Å². The van der Waals surface area contributed by atoms with Crippen molar-refractivity contribution in [2.24, 2.45) is 0 Å². The van der Waals surface area contributed by atoms with E-state index in [9.17, 15) is 4.39 Å². The average molecular weight is 252 g/mol. The third kappa shape index (κ3) is 2.70. The summed E-state index contributed by atoms with van der Waals surface area (Å²) in [4.78, 5) is 0. The van der Waals surface area contributed by atoms with Gasteiger partial charge in [0.2, 0.25) is 0 Å². The first-order chi connectivity index (χ1) is 9.13. The molecule has 0 unspecified atom stereocenters. The highest BCUT2D eigenvalue weighted by Crippen LogP contribution is 2.26. The van der Waals surface area contributed by atoms with E-state index in [-0.39, 0.29) is 11.3 Å². The van der Waals surface area contributed by atoms with E-state index in [1.165, 1.54) is 12.1 Å². The Morgan fingerprint density at radius 2 is 1.74 bits per heavy atom. The van der Waals surface area contributed by atoms with Crippen LogP contribution in [0.4, 0.5) is 4.39 Å². The van der Waals surface area contributed by atoms with Gasteiger partial charge in [-0.15, -0.1) is 0 Å². The SMILES string of the molecule is Cc1ccc(Oc2ccc(C#N)c(F)c2)c(C#N)c1.